The van der Waals surface area contributed by atoms with Crippen molar-refractivity contribution in [3.8, 4) is 5.75 Å². The van der Waals surface area contributed by atoms with Crippen LogP contribution in [0.4, 0.5) is 5.69 Å². The summed E-state index contributed by atoms with van der Waals surface area (Å²) in [5.74, 6) is 0.0630. The van der Waals surface area contributed by atoms with Crippen molar-refractivity contribution in [1.82, 2.24) is 0 Å². The lowest BCUT2D eigenvalue weighted by Gasteiger charge is -2.26. The highest BCUT2D eigenvalue weighted by Gasteiger charge is 2.12. The van der Waals surface area contributed by atoms with E-state index in [1.165, 1.54) is 13.8 Å². The molecule has 6 heteroatoms. The van der Waals surface area contributed by atoms with Crippen LogP contribution in [0.25, 0.3) is 0 Å². The Morgan fingerprint density at radius 2 is 1.52 bits per heavy atom. The average Bonchev–Trinajstić information content (AvgIpc) is 2.45. The van der Waals surface area contributed by atoms with E-state index in [2.05, 4.69) is 0 Å². The third-order valence-electron chi connectivity index (χ3n) is 2.76. The zero-order chi connectivity index (χ0) is 15.7. The van der Waals surface area contributed by atoms with Crippen molar-refractivity contribution in [2.24, 2.45) is 0 Å². The first kappa shape index (κ1) is 16.8. The van der Waals surface area contributed by atoms with Gasteiger partial charge in [0.25, 0.3) is 0 Å². The first-order chi connectivity index (χ1) is 10.0. The fourth-order valence-corrected chi connectivity index (χ4v) is 1.84. The summed E-state index contributed by atoms with van der Waals surface area (Å²) in [5.41, 5.74) is 0.860. The number of carbonyl (C=O) groups excluding carboxylic acids is 2. The van der Waals surface area contributed by atoms with E-state index in [0.717, 1.165) is 5.69 Å². The lowest BCUT2D eigenvalue weighted by atomic mass is 10.2. The monoisotopic (exact) mass is 295 g/mol. The van der Waals surface area contributed by atoms with Gasteiger partial charge in [-0.15, -0.1) is 0 Å². The quantitative estimate of drug-likeness (QED) is 0.679. The number of hydrogen-bond acceptors (Lipinski definition) is 6. The second kappa shape index (κ2) is 8.84. The minimum absolute atomic E-state index is 0.257. The maximum Gasteiger partial charge on any atom is 0.302 e. The summed E-state index contributed by atoms with van der Waals surface area (Å²) < 4.78 is 15.3. The minimum atomic E-state index is -0.324. The summed E-state index contributed by atoms with van der Waals surface area (Å²) >= 11 is 0. The molecule has 6 nitrogen and oxygen atoms in total. The summed E-state index contributed by atoms with van der Waals surface area (Å²) in [6.45, 7) is 4.22. The van der Waals surface area contributed by atoms with Crippen molar-refractivity contribution in [2.45, 2.75) is 13.8 Å². The van der Waals surface area contributed by atoms with Crippen LogP contribution in [0.1, 0.15) is 13.8 Å². The Labute approximate surface area is 124 Å². The molecule has 0 atom stereocenters. The van der Waals surface area contributed by atoms with Crippen LogP contribution in [-0.2, 0) is 19.1 Å². The van der Waals surface area contributed by atoms with Crippen molar-refractivity contribution < 1.29 is 23.8 Å². The van der Waals surface area contributed by atoms with E-state index in [1.54, 1.807) is 7.11 Å². The summed E-state index contributed by atoms with van der Waals surface area (Å²) in [6, 6.07) is 7.52. The average molecular weight is 295 g/mol. The highest BCUT2D eigenvalue weighted by atomic mass is 16.5. The van der Waals surface area contributed by atoms with Gasteiger partial charge in [0, 0.05) is 13.8 Å². The van der Waals surface area contributed by atoms with Gasteiger partial charge in [0.15, 0.2) is 0 Å². The molecule has 0 aliphatic rings. The molecule has 0 heterocycles. The van der Waals surface area contributed by atoms with Gasteiger partial charge in [-0.25, -0.2) is 0 Å². The molecule has 21 heavy (non-hydrogen) atoms. The van der Waals surface area contributed by atoms with Crippen LogP contribution in [0.15, 0.2) is 24.3 Å². The third-order valence-corrected chi connectivity index (χ3v) is 2.76. The number of rotatable bonds is 8. The summed E-state index contributed by atoms with van der Waals surface area (Å²) in [5, 5.41) is 0. The molecule has 0 fully saturated rings. The molecule has 0 unspecified atom stereocenters. The van der Waals surface area contributed by atoms with Crippen molar-refractivity contribution in [3.05, 3.63) is 24.3 Å². The van der Waals surface area contributed by atoms with E-state index in [4.69, 9.17) is 14.2 Å². The molecule has 0 N–H and O–H groups in total. The molecule has 0 aliphatic heterocycles. The number of anilines is 1. The Kier molecular flexibility index (Phi) is 7.08. The van der Waals surface area contributed by atoms with E-state index < -0.39 is 0 Å². The molecular weight excluding hydrogens is 274 g/mol. The number of hydrogen-bond donors (Lipinski definition) is 0. The molecule has 0 amide bonds. The predicted molar refractivity (Wildman–Crippen MR) is 78.5 cm³/mol. The Balaban J connectivity index is 2.73. The molecule has 0 aliphatic carbocycles. The first-order valence-corrected chi connectivity index (χ1v) is 6.69. The number of nitrogens with zero attached hydrogens (tertiary/aromatic N) is 1. The summed E-state index contributed by atoms with van der Waals surface area (Å²) in [6.07, 6.45) is 0. The second-order valence-electron chi connectivity index (χ2n) is 4.34. The molecule has 0 aromatic heterocycles. The standard InChI is InChI=1S/C15H21NO5/c1-12(17)20-10-8-16(9-11-21-13(2)18)14-6-4-5-7-15(14)19-3/h4-7H,8-11H2,1-3H3. The van der Waals surface area contributed by atoms with Gasteiger partial charge in [-0.3, -0.25) is 9.59 Å². The van der Waals surface area contributed by atoms with Gasteiger partial charge in [-0.1, -0.05) is 12.1 Å². The van der Waals surface area contributed by atoms with Crippen molar-refractivity contribution in [2.75, 3.05) is 38.3 Å². The first-order valence-electron chi connectivity index (χ1n) is 6.69. The number of carbonyl (C=O) groups is 2. The normalized spacial score (nSPS) is 9.86. The highest BCUT2D eigenvalue weighted by molar-refractivity contribution is 5.66. The fraction of sp³-hybridized carbons (Fsp3) is 0.467. The van der Waals surface area contributed by atoms with Crippen LogP contribution >= 0.6 is 0 Å². The van der Waals surface area contributed by atoms with Gasteiger partial charge in [0.05, 0.1) is 25.9 Å². The fourth-order valence-electron chi connectivity index (χ4n) is 1.84. The van der Waals surface area contributed by atoms with Gasteiger partial charge < -0.3 is 19.1 Å². The number of benzene rings is 1. The SMILES string of the molecule is COc1ccccc1N(CCOC(C)=O)CCOC(C)=O. The van der Waals surface area contributed by atoms with Crippen LogP contribution in [0, 0.1) is 0 Å². The summed E-state index contributed by atoms with van der Waals surface area (Å²) in [7, 11) is 1.59. The molecular formula is C15H21NO5. The smallest absolute Gasteiger partial charge is 0.302 e. The lowest BCUT2D eigenvalue weighted by Crippen LogP contribution is -2.32. The number of para-hydroxylation sites is 2. The highest BCUT2D eigenvalue weighted by Crippen LogP contribution is 2.27. The molecule has 0 radical (unpaired) electrons. The van der Waals surface area contributed by atoms with Gasteiger partial charge in [0.1, 0.15) is 19.0 Å². The van der Waals surface area contributed by atoms with Crippen LogP contribution in [0.3, 0.4) is 0 Å². The number of esters is 2. The van der Waals surface area contributed by atoms with Crippen LogP contribution in [0.2, 0.25) is 0 Å². The number of ether oxygens (including phenoxy) is 3. The Bertz CT molecular complexity index is 455. The van der Waals surface area contributed by atoms with Crippen LogP contribution in [-0.4, -0.2) is 45.4 Å². The van der Waals surface area contributed by atoms with E-state index in [9.17, 15) is 9.59 Å². The Hall–Kier alpha value is -2.24. The van der Waals surface area contributed by atoms with Crippen molar-refractivity contribution in [1.29, 1.82) is 0 Å². The third kappa shape index (κ3) is 6.16. The zero-order valence-electron chi connectivity index (χ0n) is 12.6. The molecule has 0 bridgehead atoms. The van der Waals surface area contributed by atoms with Gasteiger partial charge >= 0.3 is 11.9 Å². The molecule has 1 aromatic carbocycles. The van der Waals surface area contributed by atoms with Crippen LogP contribution in [0.5, 0.6) is 5.75 Å². The largest absolute Gasteiger partial charge is 0.495 e. The molecule has 1 rings (SSSR count). The second-order valence-corrected chi connectivity index (χ2v) is 4.34. The minimum Gasteiger partial charge on any atom is -0.495 e. The van der Waals surface area contributed by atoms with Crippen LogP contribution < -0.4 is 9.64 Å². The van der Waals surface area contributed by atoms with Crippen molar-refractivity contribution >= 4 is 17.6 Å². The van der Waals surface area contributed by atoms with E-state index in [0.29, 0.717) is 18.8 Å². The molecule has 0 saturated heterocycles. The molecule has 0 spiro atoms. The maximum atomic E-state index is 10.9. The number of methoxy groups -OCH3 is 1. The maximum absolute atomic E-state index is 10.9. The van der Waals surface area contributed by atoms with Gasteiger partial charge in [-0.05, 0) is 12.1 Å². The molecule has 1 aromatic rings. The van der Waals surface area contributed by atoms with Gasteiger partial charge in [-0.2, -0.15) is 0 Å². The summed E-state index contributed by atoms with van der Waals surface area (Å²) in [4.78, 5) is 23.7. The topological polar surface area (TPSA) is 65.1 Å². The molecule has 0 saturated carbocycles. The predicted octanol–water partition coefficient (Wildman–Crippen LogP) is 1.63. The van der Waals surface area contributed by atoms with Gasteiger partial charge in [0.2, 0.25) is 0 Å². The zero-order valence-corrected chi connectivity index (χ0v) is 12.6. The van der Waals surface area contributed by atoms with E-state index in [1.807, 2.05) is 29.2 Å². The van der Waals surface area contributed by atoms with Crippen molar-refractivity contribution in [3.63, 3.8) is 0 Å². The van der Waals surface area contributed by atoms with E-state index >= 15 is 0 Å². The lowest BCUT2D eigenvalue weighted by molar-refractivity contribution is -0.141. The Morgan fingerprint density at radius 3 is 2.00 bits per heavy atom. The Morgan fingerprint density at radius 1 is 1.00 bits per heavy atom. The van der Waals surface area contributed by atoms with E-state index in [-0.39, 0.29) is 25.2 Å². The molecule has 116 valence electrons.